The van der Waals surface area contributed by atoms with Gasteiger partial charge in [-0.3, -0.25) is 38.4 Å². The lowest BCUT2D eigenvalue weighted by Crippen LogP contribution is -2.56. The second kappa shape index (κ2) is 29.8. The van der Waals surface area contributed by atoms with E-state index in [2.05, 4.69) is 41.8 Å². The summed E-state index contributed by atoms with van der Waals surface area (Å²) in [4.78, 5) is 128. The molecule has 82 heavy (non-hydrogen) atoms. The Morgan fingerprint density at radius 1 is 0.854 bits per heavy atom. The number of hydrogen-bond acceptors (Lipinski definition) is 13. The van der Waals surface area contributed by atoms with Gasteiger partial charge >= 0.3 is 6.16 Å². The number of unbranched alkanes of at least 4 members (excludes halogenated alkanes) is 2. The molecule has 440 valence electrons. The summed E-state index contributed by atoms with van der Waals surface area (Å²) >= 11 is 0. The number of rotatable bonds is 24. The number of carbonyl (C=O) groups is 9. The van der Waals surface area contributed by atoms with Crippen LogP contribution in [0.15, 0.2) is 84.9 Å². The van der Waals surface area contributed by atoms with Crippen molar-refractivity contribution in [3.63, 3.8) is 0 Å². The molecule has 18 heteroatoms. The average Bonchev–Trinajstić information content (AvgIpc) is 4.02. The van der Waals surface area contributed by atoms with Crippen molar-refractivity contribution in [2.45, 2.75) is 149 Å². The molecule has 7 N–H and O–H groups in total. The van der Waals surface area contributed by atoms with Crippen molar-refractivity contribution in [1.82, 2.24) is 20.4 Å². The molecular weight excluding hydrogens is 1040 g/mol. The minimum Gasteiger partial charge on any atom is -0.507 e. The van der Waals surface area contributed by atoms with Crippen LogP contribution in [-0.4, -0.2) is 113 Å². The molecule has 2 aliphatic heterocycles. The van der Waals surface area contributed by atoms with Crippen LogP contribution < -0.4 is 26.8 Å². The van der Waals surface area contributed by atoms with Gasteiger partial charge in [-0.2, -0.15) is 0 Å². The second-order valence-electron chi connectivity index (χ2n) is 22.6. The number of Topliss-reactive ketones (excluding diaryl/α,β-unsaturated/α-hetero) is 3. The first-order valence-electron chi connectivity index (χ1n) is 28.9. The first kappa shape index (κ1) is 63.5. The molecule has 5 amide bonds. The minimum absolute atomic E-state index is 0.0323. The van der Waals surface area contributed by atoms with Crippen LogP contribution in [0.25, 0.3) is 22.3 Å². The SMILES string of the molecule is CCCCc1ccc(-c2ccc(C(=O)CC[C@@H](C)C(=O)C[C@@H](CCCCN)C(=O)N(C)[C@@H]3C(=O)CC(C)C(=O)N[C@H](C(=O)N[C@@H](C)C(=O)N4CCC[C@H]4C(N)=O)Cc4ccc(O)c(c4)-c4cc3ccc4OC(=O)OCC(C)C)cc2)cc1. The van der Waals surface area contributed by atoms with Crippen molar-refractivity contribution in [2.24, 2.45) is 35.1 Å². The van der Waals surface area contributed by atoms with Gasteiger partial charge < -0.3 is 46.5 Å². The number of amides is 5. The Balaban J connectivity index is 1.28. The van der Waals surface area contributed by atoms with Crippen LogP contribution in [0.3, 0.4) is 0 Å². The van der Waals surface area contributed by atoms with Gasteiger partial charge in [-0.05, 0) is 116 Å². The van der Waals surface area contributed by atoms with Gasteiger partial charge in [0.2, 0.25) is 29.5 Å². The number of nitrogens with two attached hydrogens (primary N) is 2. The molecule has 2 aliphatic rings. The quantitative estimate of drug-likeness (QED) is 0.0191. The number of primary amides is 1. The Hall–Kier alpha value is -7.73. The number of aromatic hydroxyl groups is 1. The average molecular weight is 1130 g/mol. The molecule has 1 unspecified atom stereocenters. The standard InChI is InChI=1S/C64H82N6O12/c1-8-9-13-42-17-20-44(21-18-42)45-22-24-46(25-23-45)53(71)27-16-39(4)55(73)36-48(14-10-11-30-65)63(79)69(7)58-47-26-29-57(82-64(80)81-37-38(2)3)50(35-47)49-33-43(19-28-54(49)72)34-51(68-60(76)40(5)32-56(58)74)61(77)67-41(6)62(78)70-31-12-15-52(70)59(66)75/h17-26,28-29,33,35,38-41,48,51-52,58,72H,8-16,27,30-32,34,36-37,65H2,1-7H3,(H2,66,75)(H,67,77)(H,68,76)/t39-,40?,41+,48-,51+,52+,58+/m1/s1. The van der Waals surface area contributed by atoms with Gasteiger partial charge in [-0.15, -0.1) is 0 Å². The third-order valence-electron chi connectivity index (χ3n) is 15.5. The summed E-state index contributed by atoms with van der Waals surface area (Å²) in [5.74, 6) is -7.14. The Kier molecular flexibility index (Phi) is 23.1. The highest BCUT2D eigenvalue weighted by Crippen LogP contribution is 2.41. The molecule has 0 saturated carbocycles. The van der Waals surface area contributed by atoms with Gasteiger partial charge in [0.15, 0.2) is 11.6 Å². The number of phenols is 1. The maximum atomic E-state index is 15.1. The molecule has 1 fully saturated rings. The van der Waals surface area contributed by atoms with E-state index in [1.807, 2.05) is 26.0 Å². The Labute approximate surface area is 481 Å². The van der Waals surface area contributed by atoms with Crippen LogP contribution in [0.5, 0.6) is 11.5 Å². The molecule has 6 rings (SSSR count). The number of hydrogen-bond donors (Lipinski definition) is 5. The minimum atomic E-state index is -1.41. The summed E-state index contributed by atoms with van der Waals surface area (Å²) in [7, 11) is 1.44. The van der Waals surface area contributed by atoms with Crippen LogP contribution in [0, 0.1) is 23.7 Å². The molecule has 1 saturated heterocycles. The van der Waals surface area contributed by atoms with Crippen LogP contribution in [0.2, 0.25) is 0 Å². The molecule has 18 nitrogen and oxygen atoms in total. The number of aryl methyl sites for hydroxylation is 1. The molecule has 4 aromatic carbocycles. The predicted molar refractivity (Wildman–Crippen MR) is 311 cm³/mol. The topological polar surface area (TPSA) is 275 Å². The molecular formula is C64H82N6O12. The lowest BCUT2D eigenvalue weighted by atomic mass is 9.86. The molecule has 2 heterocycles. The van der Waals surface area contributed by atoms with Crippen molar-refractivity contribution < 1.29 is 57.7 Å². The maximum absolute atomic E-state index is 15.1. The number of nitrogens with one attached hydrogen (secondary N) is 2. The van der Waals surface area contributed by atoms with E-state index in [1.54, 1.807) is 19.1 Å². The lowest BCUT2D eigenvalue weighted by Gasteiger charge is -2.32. The number of likely N-dealkylation sites (tertiary alicyclic amines) is 1. The van der Waals surface area contributed by atoms with Crippen molar-refractivity contribution >= 4 is 53.0 Å². The van der Waals surface area contributed by atoms with Crippen molar-refractivity contribution in [3.8, 4) is 33.8 Å². The molecule has 4 bridgehead atoms. The number of ketones is 3. The highest BCUT2D eigenvalue weighted by molar-refractivity contribution is 5.99. The maximum Gasteiger partial charge on any atom is 0.513 e. The fourth-order valence-electron chi connectivity index (χ4n) is 10.6. The van der Waals surface area contributed by atoms with Gasteiger partial charge in [-0.25, -0.2) is 4.79 Å². The number of fused-ring (bicyclic) bond motifs is 5. The summed E-state index contributed by atoms with van der Waals surface area (Å²) in [6.07, 6.45) is 3.99. The molecule has 0 aliphatic carbocycles. The van der Waals surface area contributed by atoms with E-state index in [1.165, 1.54) is 72.7 Å². The van der Waals surface area contributed by atoms with Crippen molar-refractivity contribution in [2.75, 3.05) is 26.7 Å². The second-order valence-corrected chi connectivity index (χ2v) is 22.6. The molecule has 4 aromatic rings. The molecule has 0 spiro atoms. The summed E-state index contributed by atoms with van der Waals surface area (Å²) in [5, 5.41) is 17.0. The zero-order chi connectivity index (χ0) is 59.8. The molecule has 7 atom stereocenters. The highest BCUT2D eigenvalue weighted by atomic mass is 16.7. The first-order chi connectivity index (χ1) is 39.1. The number of carbonyl (C=O) groups excluding carboxylic acids is 9. The number of phenolic OH excluding ortho intramolecular Hbond substituents is 1. The number of benzene rings is 4. The van der Waals surface area contributed by atoms with Crippen molar-refractivity contribution in [1.29, 1.82) is 0 Å². The van der Waals surface area contributed by atoms with E-state index in [-0.39, 0.29) is 90.9 Å². The fraction of sp³-hybridized carbons (Fsp3) is 0.484. The zero-order valence-corrected chi connectivity index (χ0v) is 48.5. The van der Waals surface area contributed by atoms with Gasteiger partial charge in [0.1, 0.15) is 41.4 Å². The molecule has 0 radical (unpaired) electrons. The Bertz CT molecular complexity index is 2940. The molecule has 0 aromatic heterocycles. The summed E-state index contributed by atoms with van der Waals surface area (Å²) in [6.45, 7) is 11.2. The predicted octanol–water partition coefficient (Wildman–Crippen LogP) is 8.36. The summed E-state index contributed by atoms with van der Waals surface area (Å²) < 4.78 is 11.1. The van der Waals surface area contributed by atoms with Gasteiger partial charge in [0.05, 0.1) is 6.61 Å². The van der Waals surface area contributed by atoms with E-state index < -0.39 is 89.8 Å². The van der Waals surface area contributed by atoms with Crippen LogP contribution in [0.4, 0.5) is 4.79 Å². The Morgan fingerprint density at radius 3 is 2.21 bits per heavy atom. The first-order valence-corrected chi connectivity index (χ1v) is 28.9. The summed E-state index contributed by atoms with van der Waals surface area (Å²) in [6, 6.07) is 20.0. The fourth-order valence-corrected chi connectivity index (χ4v) is 10.6. The van der Waals surface area contributed by atoms with E-state index in [9.17, 15) is 43.5 Å². The summed E-state index contributed by atoms with van der Waals surface area (Å²) in [5.41, 5.74) is 16.2. The van der Waals surface area contributed by atoms with Gasteiger partial charge in [0, 0.05) is 73.7 Å². The van der Waals surface area contributed by atoms with Gasteiger partial charge in [0.25, 0.3) is 0 Å². The Morgan fingerprint density at radius 2 is 1.55 bits per heavy atom. The number of likely N-dealkylation sites (N-methyl/N-ethyl adjacent to an activating group) is 1. The number of nitrogens with zero attached hydrogens (tertiary/aromatic N) is 2. The normalized spacial score (nSPS) is 18.3. The van der Waals surface area contributed by atoms with E-state index >= 15 is 4.79 Å². The third kappa shape index (κ3) is 16.9. The largest absolute Gasteiger partial charge is 0.513 e. The smallest absolute Gasteiger partial charge is 0.507 e. The van der Waals surface area contributed by atoms with E-state index in [0.29, 0.717) is 43.4 Å². The lowest BCUT2D eigenvalue weighted by molar-refractivity contribution is -0.144. The van der Waals surface area contributed by atoms with Crippen LogP contribution in [-0.2, 0) is 51.1 Å². The third-order valence-corrected chi connectivity index (χ3v) is 15.5. The van der Waals surface area contributed by atoms with Crippen LogP contribution >= 0.6 is 0 Å². The van der Waals surface area contributed by atoms with E-state index in [0.717, 1.165) is 30.4 Å². The zero-order valence-electron chi connectivity index (χ0n) is 48.5. The van der Waals surface area contributed by atoms with Crippen molar-refractivity contribution in [3.05, 3.63) is 107 Å². The van der Waals surface area contributed by atoms with Gasteiger partial charge in [-0.1, -0.05) is 108 Å². The number of ether oxygens (including phenoxy) is 2. The van der Waals surface area contributed by atoms with Crippen LogP contribution in [0.1, 0.15) is 145 Å². The van der Waals surface area contributed by atoms with E-state index in [4.69, 9.17) is 20.9 Å². The monoisotopic (exact) mass is 1130 g/mol. The highest BCUT2D eigenvalue weighted by Gasteiger charge is 2.39.